The molecule has 44 valence electrons. The molecule has 0 atom stereocenters. The van der Waals surface area contributed by atoms with Gasteiger partial charge >= 0.3 is 5.97 Å². The molecule has 0 aromatic carbocycles. The van der Waals surface area contributed by atoms with Crippen LogP contribution in [-0.2, 0) is 9.53 Å². The maximum atomic E-state index is 10.1. The Balaban J connectivity index is 3.39. The van der Waals surface area contributed by atoms with Gasteiger partial charge in [-0.15, -0.1) is 12.6 Å². The molecule has 0 unspecified atom stereocenters. The van der Waals surface area contributed by atoms with Crippen molar-refractivity contribution < 1.29 is 9.53 Å². The Kier molecular flexibility index (Phi) is 4.07. The molecule has 0 aliphatic heterocycles. The monoisotopic (exact) mass is 130 g/mol. The predicted molar refractivity (Wildman–Crippen MR) is 34.4 cm³/mol. The van der Waals surface area contributed by atoms with E-state index in [4.69, 9.17) is 0 Å². The van der Waals surface area contributed by atoms with E-state index in [2.05, 4.69) is 23.9 Å². The number of hydrogen-bond acceptors (Lipinski definition) is 3. The minimum Gasteiger partial charge on any atom is -0.431 e. The van der Waals surface area contributed by atoms with Crippen molar-refractivity contribution in [3.63, 3.8) is 0 Å². The lowest BCUT2D eigenvalue weighted by Crippen LogP contribution is -1.90. The smallest absolute Gasteiger partial charge is 0.334 e. The van der Waals surface area contributed by atoms with Crippen LogP contribution in [0.2, 0.25) is 0 Å². The van der Waals surface area contributed by atoms with Gasteiger partial charge < -0.3 is 4.74 Å². The molecule has 0 aromatic rings. The molecule has 0 saturated heterocycles. The molecule has 0 amide bonds. The van der Waals surface area contributed by atoms with Gasteiger partial charge in [-0.2, -0.15) is 0 Å². The SMILES string of the molecule is C=CC(=O)OC=CS. The number of carbonyl (C=O) groups is 1. The Bertz CT molecular complexity index is 118. The van der Waals surface area contributed by atoms with Crippen LogP contribution in [0, 0.1) is 0 Å². The molecule has 0 bridgehead atoms. The number of esters is 1. The molecule has 3 heteroatoms. The fraction of sp³-hybridized carbons (Fsp3) is 0. The van der Waals surface area contributed by atoms with E-state index in [1.54, 1.807) is 0 Å². The largest absolute Gasteiger partial charge is 0.431 e. The molecule has 0 radical (unpaired) electrons. The van der Waals surface area contributed by atoms with Crippen LogP contribution in [0.25, 0.3) is 0 Å². The van der Waals surface area contributed by atoms with Crippen molar-refractivity contribution in [2.24, 2.45) is 0 Å². The number of ether oxygens (including phenoxy) is 1. The third-order valence-corrected chi connectivity index (χ3v) is 0.533. The van der Waals surface area contributed by atoms with Crippen LogP contribution in [0.4, 0.5) is 0 Å². The first-order chi connectivity index (χ1) is 3.81. The molecule has 0 fully saturated rings. The molecule has 0 rings (SSSR count). The first-order valence-corrected chi connectivity index (χ1v) is 2.45. The molecule has 0 spiro atoms. The Morgan fingerprint density at radius 2 is 2.38 bits per heavy atom. The highest BCUT2D eigenvalue weighted by atomic mass is 32.1. The maximum absolute atomic E-state index is 10.1. The van der Waals surface area contributed by atoms with E-state index >= 15 is 0 Å². The Morgan fingerprint density at radius 1 is 1.75 bits per heavy atom. The summed E-state index contributed by atoms with van der Waals surface area (Å²) in [5, 5.41) is 1.32. The highest BCUT2D eigenvalue weighted by Gasteiger charge is 1.85. The van der Waals surface area contributed by atoms with Crippen molar-refractivity contribution in [1.29, 1.82) is 0 Å². The summed E-state index contributed by atoms with van der Waals surface area (Å²) in [6.07, 6.45) is 2.25. The van der Waals surface area contributed by atoms with Crippen molar-refractivity contribution in [2.75, 3.05) is 0 Å². The minimum absolute atomic E-state index is 0.477. The van der Waals surface area contributed by atoms with Gasteiger partial charge in [-0.3, -0.25) is 0 Å². The highest BCUT2D eigenvalue weighted by molar-refractivity contribution is 7.83. The van der Waals surface area contributed by atoms with E-state index < -0.39 is 5.97 Å². The van der Waals surface area contributed by atoms with Gasteiger partial charge in [0.2, 0.25) is 0 Å². The molecule has 8 heavy (non-hydrogen) atoms. The van der Waals surface area contributed by atoms with Crippen LogP contribution >= 0.6 is 12.6 Å². The van der Waals surface area contributed by atoms with E-state index in [9.17, 15) is 4.79 Å². The van der Waals surface area contributed by atoms with E-state index in [-0.39, 0.29) is 0 Å². The summed E-state index contributed by atoms with van der Waals surface area (Å²) in [5.74, 6) is -0.477. The van der Waals surface area contributed by atoms with Crippen LogP contribution in [0.5, 0.6) is 0 Å². The van der Waals surface area contributed by atoms with Crippen molar-refractivity contribution in [2.45, 2.75) is 0 Å². The van der Waals surface area contributed by atoms with Crippen LogP contribution in [0.15, 0.2) is 24.3 Å². The molecule has 0 heterocycles. The molecule has 0 aliphatic carbocycles. The summed E-state index contributed by atoms with van der Waals surface area (Å²) >= 11 is 3.64. The number of carbonyl (C=O) groups excluding carboxylic acids is 1. The first kappa shape index (κ1) is 7.30. The lowest BCUT2D eigenvalue weighted by molar-refractivity contribution is -0.132. The van der Waals surface area contributed by atoms with Crippen molar-refractivity contribution >= 4 is 18.6 Å². The third kappa shape index (κ3) is 3.49. The zero-order valence-corrected chi connectivity index (χ0v) is 5.10. The standard InChI is InChI=1S/C5H6O2S/c1-2-5(6)7-3-4-8/h2-4,8H,1H2. The molecule has 0 saturated carbocycles. The lowest BCUT2D eigenvalue weighted by Gasteiger charge is -1.86. The van der Waals surface area contributed by atoms with Gasteiger partial charge in [-0.1, -0.05) is 6.58 Å². The predicted octanol–water partition coefficient (Wildman–Crippen LogP) is 1.12. The second-order valence-corrected chi connectivity index (χ2v) is 1.22. The Morgan fingerprint density at radius 3 is 2.75 bits per heavy atom. The van der Waals surface area contributed by atoms with Crippen LogP contribution in [-0.4, -0.2) is 5.97 Å². The minimum atomic E-state index is -0.477. The fourth-order valence-electron chi connectivity index (χ4n) is 0.146. The normalized spacial score (nSPS) is 9.12. The average Bonchev–Trinajstić information content (AvgIpc) is 1.83. The summed E-state index contributed by atoms with van der Waals surface area (Å²) in [5.41, 5.74) is 0. The first-order valence-electron chi connectivity index (χ1n) is 1.93. The molecular formula is C5H6O2S. The second-order valence-electron chi connectivity index (χ2n) is 0.926. The van der Waals surface area contributed by atoms with Crippen molar-refractivity contribution in [3.8, 4) is 0 Å². The zero-order chi connectivity index (χ0) is 6.41. The highest BCUT2D eigenvalue weighted by Crippen LogP contribution is 1.82. The molecule has 0 aliphatic rings. The zero-order valence-electron chi connectivity index (χ0n) is 4.20. The van der Waals surface area contributed by atoms with Crippen LogP contribution < -0.4 is 0 Å². The molecule has 0 N–H and O–H groups in total. The van der Waals surface area contributed by atoms with Crippen LogP contribution in [0.1, 0.15) is 0 Å². The topological polar surface area (TPSA) is 26.3 Å². The Hall–Kier alpha value is -0.700. The van der Waals surface area contributed by atoms with Gasteiger partial charge in [0, 0.05) is 11.5 Å². The van der Waals surface area contributed by atoms with Gasteiger partial charge in [0.25, 0.3) is 0 Å². The van der Waals surface area contributed by atoms with Crippen molar-refractivity contribution in [3.05, 3.63) is 24.3 Å². The summed E-state index contributed by atoms with van der Waals surface area (Å²) in [4.78, 5) is 10.1. The van der Waals surface area contributed by atoms with E-state index in [0.29, 0.717) is 0 Å². The van der Waals surface area contributed by atoms with Crippen molar-refractivity contribution in [1.82, 2.24) is 0 Å². The summed E-state index contributed by atoms with van der Waals surface area (Å²) in [6, 6.07) is 0. The molecule has 2 nitrogen and oxygen atoms in total. The van der Waals surface area contributed by atoms with E-state index in [0.717, 1.165) is 6.08 Å². The second kappa shape index (κ2) is 4.46. The molecule has 0 aromatic heterocycles. The number of hydrogen-bond donors (Lipinski definition) is 1. The van der Waals surface area contributed by atoms with Crippen LogP contribution in [0.3, 0.4) is 0 Å². The summed E-state index contributed by atoms with van der Waals surface area (Å²) in [7, 11) is 0. The van der Waals surface area contributed by atoms with Gasteiger partial charge in [0.15, 0.2) is 0 Å². The van der Waals surface area contributed by atoms with E-state index in [1.165, 1.54) is 11.7 Å². The maximum Gasteiger partial charge on any atom is 0.334 e. The summed E-state index contributed by atoms with van der Waals surface area (Å²) < 4.78 is 4.33. The average molecular weight is 130 g/mol. The third-order valence-electron chi connectivity index (χ3n) is 0.412. The van der Waals surface area contributed by atoms with Gasteiger partial charge in [-0.05, 0) is 0 Å². The van der Waals surface area contributed by atoms with E-state index in [1.807, 2.05) is 0 Å². The van der Waals surface area contributed by atoms with Gasteiger partial charge in [0.1, 0.15) is 6.26 Å². The molecular weight excluding hydrogens is 124 g/mol. The van der Waals surface area contributed by atoms with Gasteiger partial charge in [-0.25, -0.2) is 4.79 Å². The fourth-order valence-corrected chi connectivity index (χ4v) is 0.206. The lowest BCUT2D eigenvalue weighted by atomic mass is 10.7. The Labute approximate surface area is 53.2 Å². The number of rotatable bonds is 2. The summed E-state index contributed by atoms with van der Waals surface area (Å²) in [6.45, 7) is 3.18. The quantitative estimate of drug-likeness (QED) is 0.262. The van der Waals surface area contributed by atoms with Gasteiger partial charge in [0.05, 0.1) is 0 Å². The number of thiol groups is 1.